The predicted octanol–water partition coefficient (Wildman–Crippen LogP) is 5.16. The number of carbonyl (C=O) groups is 4. The van der Waals surface area contributed by atoms with Crippen molar-refractivity contribution >= 4 is 39.8 Å². The minimum atomic E-state index is -3.81. The molecule has 4 aromatic rings. The third-order valence-electron chi connectivity index (χ3n) is 9.21. The number of carbonyl (C=O) groups excluding carboxylic acids is 4. The lowest BCUT2D eigenvalue weighted by Crippen LogP contribution is -2.54. The molecule has 274 valence electrons. The van der Waals surface area contributed by atoms with E-state index in [-0.39, 0.29) is 41.1 Å². The summed E-state index contributed by atoms with van der Waals surface area (Å²) in [4.78, 5) is 53.0. The number of amides is 3. The molecule has 3 N–H and O–H groups in total. The van der Waals surface area contributed by atoms with Crippen LogP contribution < -0.4 is 16.0 Å². The number of fused-ring (bicyclic) bond motifs is 4. The monoisotopic (exact) mass is 735 g/mol. The van der Waals surface area contributed by atoms with E-state index >= 15 is 0 Å². The largest absolute Gasteiger partial charge is 0.459 e. The van der Waals surface area contributed by atoms with E-state index in [1.165, 1.54) is 12.1 Å². The Morgan fingerprint density at radius 3 is 2.02 bits per heavy atom. The van der Waals surface area contributed by atoms with Gasteiger partial charge in [-0.1, -0.05) is 111 Å². The number of nitrogens with one attached hydrogen (secondary N) is 3. The van der Waals surface area contributed by atoms with Crippen LogP contribution in [-0.2, 0) is 40.1 Å². The third-order valence-corrected chi connectivity index (χ3v) is 11.1. The Morgan fingerprint density at radius 1 is 0.736 bits per heavy atom. The van der Waals surface area contributed by atoms with Crippen LogP contribution >= 0.6 is 0 Å². The lowest BCUT2D eigenvalue weighted by molar-refractivity contribution is -0.147. The van der Waals surface area contributed by atoms with Crippen LogP contribution in [0.3, 0.4) is 0 Å². The number of hydrogen-bond acceptors (Lipinski definition) is 8. The molecule has 4 aromatic carbocycles. The molecule has 0 spiro atoms. The molecular weight excluding hydrogens is 695 g/mol. The van der Waals surface area contributed by atoms with Crippen molar-refractivity contribution < 1.29 is 37.1 Å². The van der Waals surface area contributed by atoms with Crippen LogP contribution in [-0.4, -0.2) is 64.1 Å². The molecule has 0 radical (unpaired) electrons. The van der Waals surface area contributed by atoms with Crippen LogP contribution in [0.1, 0.15) is 48.4 Å². The van der Waals surface area contributed by atoms with Crippen LogP contribution in [0.15, 0.2) is 113 Å². The van der Waals surface area contributed by atoms with E-state index in [0.717, 1.165) is 27.8 Å². The Hall–Kier alpha value is -5.75. The number of hydrogen-bond donors (Lipinski definition) is 3. The molecule has 2 aliphatic rings. The van der Waals surface area contributed by atoms with Gasteiger partial charge in [-0.05, 0) is 57.9 Å². The van der Waals surface area contributed by atoms with Crippen LogP contribution in [0.4, 0.5) is 4.79 Å². The summed E-state index contributed by atoms with van der Waals surface area (Å²) >= 11 is 0. The highest BCUT2D eigenvalue weighted by atomic mass is 32.2. The van der Waals surface area contributed by atoms with Crippen molar-refractivity contribution in [2.45, 2.75) is 49.6 Å². The molecule has 1 aliphatic carbocycles. The Kier molecular flexibility index (Phi) is 11.4. The van der Waals surface area contributed by atoms with Gasteiger partial charge in [0.2, 0.25) is 21.7 Å². The van der Waals surface area contributed by atoms with E-state index in [2.05, 4.69) is 16.0 Å². The van der Waals surface area contributed by atoms with E-state index in [4.69, 9.17) is 9.47 Å². The fourth-order valence-electron chi connectivity index (χ4n) is 6.66. The van der Waals surface area contributed by atoms with Crippen molar-refractivity contribution in [3.8, 4) is 11.1 Å². The molecule has 0 unspecified atom stereocenters. The summed E-state index contributed by atoms with van der Waals surface area (Å²) in [5.74, 6) is -2.29. The highest BCUT2D eigenvalue weighted by Gasteiger charge is 2.33. The summed E-state index contributed by atoms with van der Waals surface area (Å²) in [7, 11) is -3.81. The zero-order valence-corrected chi connectivity index (χ0v) is 30.2. The standard InChI is InChI=1S/C41H41N3O8S/c1-26(2)20-36(40(47)51-24-29-22-28-14-6-11-19-37(28)53(29,49)50)44-39(46)35(21-27-12-4-3-5-13-27)43-38(45)23-42-41(48)52-25-34-32-17-9-7-15-30(32)31-16-8-10-18-33(31)34/h3-19,22,26,34-36H,20-21,23-25H2,1-2H3,(H,42,48)(H,43,45)(H,44,46)/t35-,36-/m0/s1. The van der Waals surface area contributed by atoms with Crippen molar-refractivity contribution in [3.63, 3.8) is 0 Å². The van der Waals surface area contributed by atoms with Gasteiger partial charge in [0, 0.05) is 12.3 Å². The Bertz CT molecular complexity index is 2100. The first kappa shape index (κ1) is 37.0. The van der Waals surface area contributed by atoms with E-state index in [0.29, 0.717) is 5.56 Å². The van der Waals surface area contributed by atoms with Crippen molar-refractivity contribution in [1.29, 1.82) is 0 Å². The predicted molar refractivity (Wildman–Crippen MR) is 199 cm³/mol. The SMILES string of the molecule is CC(C)C[C@H](NC(=O)[C@H](Cc1ccccc1)NC(=O)CNC(=O)OCC1c2ccccc2-c2ccccc21)C(=O)OCC1=Cc2ccccc2S1(=O)=O. The molecule has 1 aliphatic heterocycles. The Morgan fingerprint density at radius 2 is 1.36 bits per heavy atom. The van der Waals surface area contributed by atoms with Gasteiger partial charge in [-0.25, -0.2) is 18.0 Å². The molecule has 53 heavy (non-hydrogen) atoms. The quantitative estimate of drug-likeness (QED) is 0.150. The minimum absolute atomic E-state index is 0.0462. The topological polar surface area (TPSA) is 157 Å². The second-order valence-corrected chi connectivity index (χ2v) is 15.4. The molecule has 12 heteroatoms. The first-order valence-corrected chi connectivity index (χ1v) is 18.9. The van der Waals surface area contributed by atoms with Crippen LogP contribution in [0.5, 0.6) is 0 Å². The average molecular weight is 736 g/mol. The van der Waals surface area contributed by atoms with Crippen LogP contribution in [0.25, 0.3) is 17.2 Å². The fourth-order valence-corrected chi connectivity index (χ4v) is 8.14. The van der Waals surface area contributed by atoms with Gasteiger partial charge >= 0.3 is 12.1 Å². The van der Waals surface area contributed by atoms with Gasteiger partial charge in [0.15, 0.2) is 0 Å². The van der Waals surface area contributed by atoms with Crippen molar-refractivity contribution in [1.82, 2.24) is 16.0 Å². The first-order valence-electron chi connectivity index (χ1n) is 17.4. The summed E-state index contributed by atoms with van der Waals surface area (Å²) in [5.41, 5.74) is 5.55. The molecule has 2 atom stereocenters. The average Bonchev–Trinajstić information content (AvgIpc) is 3.61. The molecule has 0 fully saturated rings. The Labute approximate surface area is 308 Å². The molecule has 0 saturated carbocycles. The maximum absolute atomic E-state index is 13.7. The van der Waals surface area contributed by atoms with Gasteiger partial charge in [0.05, 0.1) is 9.80 Å². The number of esters is 1. The lowest BCUT2D eigenvalue weighted by atomic mass is 9.98. The molecule has 0 saturated heterocycles. The highest BCUT2D eigenvalue weighted by molar-refractivity contribution is 7.95. The smallest absolute Gasteiger partial charge is 0.407 e. The number of benzene rings is 4. The summed E-state index contributed by atoms with van der Waals surface area (Å²) in [6.07, 6.45) is 0.978. The lowest BCUT2D eigenvalue weighted by Gasteiger charge is -2.24. The van der Waals surface area contributed by atoms with Crippen LogP contribution in [0.2, 0.25) is 0 Å². The number of alkyl carbamates (subject to hydrolysis) is 1. The van der Waals surface area contributed by atoms with Crippen molar-refractivity contribution in [3.05, 3.63) is 130 Å². The summed E-state index contributed by atoms with van der Waals surface area (Å²) < 4.78 is 36.9. The Balaban J connectivity index is 1.06. The maximum Gasteiger partial charge on any atom is 0.407 e. The second kappa shape index (κ2) is 16.3. The first-order chi connectivity index (χ1) is 25.5. The highest BCUT2D eigenvalue weighted by Crippen LogP contribution is 2.44. The molecule has 3 amide bonds. The molecule has 0 bridgehead atoms. The zero-order valence-electron chi connectivity index (χ0n) is 29.4. The van der Waals surface area contributed by atoms with Gasteiger partial charge in [-0.2, -0.15) is 0 Å². The van der Waals surface area contributed by atoms with Gasteiger partial charge in [-0.15, -0.1) is 0 Å². The number of rotatable bonds is 14. The molecule has 0 aromatic heterocycles. The van der Waals surface area contributed by atoms with Gasteiger partial charge in [0.1, 0.15) is 31.8 Å². The normalized spacial score (nSPS) is 14.9. The number of sulfone groups is 1. The molecule has 11 nitrogen and oxygen atoms in total. The molecule has 6 rings (SSSR count). The van der Waals surface area contributed by atoms with Crippen molar-refractivity contribution in [2.24, 2.45) is 5.92 Å². The van der Waals surface area contributed by atoms with Gasteiger partial charge < -0.3 is 25.4 Å². The minimum Gasteiger partial charge on any atom is -0.459 e. The molecule has 1 heterocycles. The van der Waals surface area contributed by atoms with Crippen LogP contribution in [0, 0.1) is 5.92 Å². The zero-order chi connectivity index (χ0) is 37.5. The van der Waals surface area contributed by atoms with E-state index in [1.54, 1.807) is 42.5 Å². The van der Waals surface area contributed by atoms with E-state index < -0.39 is 58.9 Å². The van der Waals surface area contributed by atoms with E-state index in [9.17, 15) is 27.6 Å². The fraction of sp³-hybridized carbons (Fsp3) is 0.268. The van der Waals surface area contributed by atoms with Gasteiger partial charge in [-0.3, -0.25) is 9.59 Å². The van der Waals surface area contributed by atoms with E-state index in [1.807, 2.05) is 68.4 Å². The van der Waals surface area contributed by atoms with Gasteiger partial charge in [0.25, 0.3) is 0 Å². The summed E-state index contributed by atoms with van der Waals surface area (Å²) in [6.45, 7) is 2.85. The maximum atomic E-state index is 13.7. The third kappa shape index (κ3) is 8.66. The number of ether oxygens (including phenoxy) is 2. The summed E-state index contributed by atoms with van der Waals surface area (Å²) in [5, 5.41) is 7.86. The molecular formula is C41H41N3O8S. The summed E-state index contributed by atoms with van der Waals surface area (Å²) in [6, 6.07) is 29.2. The second-order valence-electron chi connectivity index (χ2n) is 13.4. The van der Waals surface area contributed by atoms with Crippen molar-refractivity contribution in [2.75, 3.05) is 19.8 Å².